The standard InChI is InChI=1S/C45H78N4O18/c1-27-40(63-29(3)52)41(64-30(4)53)32(25-50)65-43(27)60-23-15-11-18-34(54)47-21-14-10-17-31(42(59)48-22-13-8-9-20-36(56)67-45(5,6)7)49-35(55)19-12-16-24-61-44-37(46)39(58)38(57)33(66-44)26-62-28(2)51/h27,31-33,37-41,43-44,50,57-58H,8-26,46H2,1-7H3,(H,47,54)(H,48,59)(H,49,55)/t27?,31-,32?,33?,37?,38?,39?,40?,41?,43?,44?/m1/s1. The number of ether oxygens (including phenoxy) is 8. The molecule has 2 heterocycles. The first-order valence-corrected chi connectivity index (χ1v) is 23.4. The molecule has 22 heteroatoms. The molecule has 2 aliphatic heterocycles. The predicted octanol–water partition coefficient (Wildman–Crippen LogP) is 0.704. The third kappa shape index (κ3) is 23.7. The molecular weight excluding hydrogens is 885 g/mol. The number of hydrogen-bond donors (Lipinski definition) is 7. The first-order chi connectivity index (χ1) is 31.6. The summed E-state index contributed by atoms with van der Waals surface area (Å²) in [5, 5.41) is 39.0. The van der Waals surface area contributed by atoms with Crippen molar-refractivity contribution in [3.63, 3.8) is 0 Å². The number of nitrogens with two attached hydrogens (primary N) is 1. The maximum Gasteiger partial charge on any atom is 0.306 e. The summed E-state index contributed by atoms with van der Waals surface area (Å²) < 4.78 is 44.0. The van der Waals surface area contributed by atoms with Gasteiger partial charge in [-0.05, 0) is 78.6 Å². The van der Waals surface area contributed by atoms with E-state index in [1.54, 1.807) is 27.7 Å². The average Bonchev–Trinajstić information content (AvgIpc) is 3.24. The number of carbonyl (C=O) groups excluding carboxylic acids is 7. The molecule has 2 aliphatic rings. The Kier molecular flexibility index (Phi) is 27.5. The van der Waals surface area contributed by atoms with Gasteiger partial charge in [-0.1, -0.05) is 13.3 Å². The van der Waals surface area contributed by atoms with Gasteiger partial charge in [0.1, 0.15) is 48.8 Å². The summed E-state index contributed by atoms with van der Waals surface area (Å²) >= 11 is 0. The Morgan fingerprint density at radius 2 is 1.24 bits per heavy atom. The summed E-state index contributed by atoms with van der Waals surface area (Å²) in [5.74, 6) is -3.47. The molecule has 0 bridgehead atoms. The van der Waals surface area contributed by atoms with E-state index in [0.717, 1.165) is 0 Å². The molecule has 2 saturated heterocycles. The first kappa shape index (κ1) is 59.1. The zero-order valence-corrected chi connectivity index (χ0v) is 40.3. The molecule has 2 rings (SSSR count). The number of carbonyl (C=O) groups is 7. The Balaban J connectivity index is 1.80. The maximum atomic E-state index is 13.3. The van der Waals surface area contributed by atoms with Crippen LogP contribution in [0.25, 0.3) is 0 Å². The van der Waals surface area contributed by atoms with Crippen LogP contribution in [0.5, 0.6) is 0 Å². The number of esters is 4. The van der Waals surface area contributed by atoms with Gasteiger partial charge >= 0.3 is 23.9 Å². The Morgan fingerprint density at radius 1 is 0.672 bits per heavy atom. The van der Waals surface area contributed by atoms with E-state index < -0.39 is 97.3 Å². The van der Waals surface area contributed by atoms with Crippen LogP contribution >= 0.6 is 0 Å². The van der Waals surface area contributed by atoms with Crippen LogP contribution in [0.3, 0.4) is 0 Å². The van der Waals surface area contributed by atoms with E-state index in [0.29, 0.717) is 77.3 Å². The van der Waals surface area contributed by atoms with E-state index in [1.807, 2.05) is 0 Å². The van der Waals surface area contributed by atoms with Crippen LogP contribution in [0.2, 0.25) is 0 Å². The van der Waals surface area contributed by atoms with Gasteiger partial charge in [-0.2, -0.15) is 0 Å². The fourth-order valence-electron chi connectivity index (χ4n) is 7.32. The highest BCUT2D eigenvalue weighted by molar-refractivity contribution is 5.87. The second-order valence-corrected chi connectivity index (χ2v) is 17.9. The van der Waals surface area contributed by atoms with Crippen LogP contribution in [0, 0.1) is 5.92 Å². The normalized spacial score (nSPS) is 25.5. The van der Waals surface area contributed by atoms with E-state index in [4.69, 9.17) is 43.6 Å². The highest BCUT2D eigenvalue weighted by atomic mass is 16.7. The number of aliphatic hydroxyl groups is 3. The van der Waals surface area contributed by atoms with Crippen molar-refractivity contribution in [1.29, 1.82) is 0 Å². The van der Waals surface area contributed by atoms with Crippen molar-refractivity contribution in [1.82, 2.24) is 16.0 Å². The lowest BCUT2D eigenvalue weighted by Gasteiger charge is -2.43. The number of aliphatic hydroxyl groups excluding tert-OH is 3. The molecule has 67 heavy (non-hydrogen) atoms. The van der Waals surface area contributed by atoms with E-state index in [1.165, 1.54) is 20.8 Å². The number of nitrogens with one attached hydrogen (secondary N) is 3. The minimum atomic E-state index is -1.39. The van der Waals surface area contributed by atoms with Crippen LogP contribution in [-0.2, 0) is 71.5 Å². The van der Waals surface area contributed by atoms with Crippen molar-refractivity contribution in [3.8, 4) is 0 Å². The van der Waals surface area contributed by atoms with Gasteiger partial charge in [-0.3, -0.25) is 33.6 Å². The summed E-state index contributed by atoms with van der Waals surface area (Å²) in [6.07, 6.45) is -3.03. The number of amides is 3. The molecule has 10 unspecified atom stereocenters. The maximum absolute atomic E-state index is 13.3. The summed E-state index contributed by atoms with van der Waals surface area (Å²) in [6, 6.07) is -1.90. The topological polar surface area (TPSA) is 316 Å². The molecule has 11 atom stereocenters. The Bertz CT molecular complexity index is 1550. The van der Waals surface area contributed by atoms with E-state index in [-0.39, 0.29) is 62.8 Å². The van der Waals surface area contributed by atoms with Crippen molar-refractivity contribution in [2.75, 3.05) is 39.5 Å². The molecular formula is C45H78N4O18. The number of hydrogen-bond acceptors (Lipinski definition) is 19. The van der Waals surface area contributed by atoms with Gasteiger partial charge in [0.15, 0.2) is 18.7 Å². The lowest BCUT2D eigenvalue weighted by molar-refractivity contribution is -0.288. The van der Waals surface area contributed by atoms with Crippen molar-refractivity contribution >= 4 is 41.6 Å². The number of unbranched alkanes of at least 4 members (excludes halogenated alkanes) is 5. The van der Waals surface area contributed by atoms with Crippen LogP contribution in [0.1, 0.15) is 132 Å². The van der Waals surface area contributed by atoms with Crippen LogP contribution < -0.4 is 21.7 Å². The SMILES string of the molecule is CC(=O)OCC1OC(OCCCCC(=O)N[C@H](CCCCNC(=O)CCCCOC2OC(CO)C(OC(C)=O)C(OC(C)=O)C2C)C(=O)NCCCCCC(=O)OC(C)(C)C)C(N)C(O)C1O. The molecule has 2 fully saturated rings. The Hall–Kier alpha value is -4.03. The fraction of sp³-hybridized carbons (Fsp3) is 0.844. The minimum absolute atomic E-state index is 0.0775. The molecule has 8 N–H and O–H groups in total. The first-order valence-electron chi connectivity index (χ1n) is 23.4. The Morgan fingerprint density at radius 3 is 1.85 bits per heavy atom. The van der Waals surface area contributed by atoms with Gasteiger partial charge in [0.05, 0.1) is 12.6 Å². The summed E-state index contributed by atoms with van der Waals surface area (Å²) in [4.78, 5) is 85.6. The lowest BCUT2D eigenvalue weighted by Crippen LogP contribution is -2.62. The van der Waals surface area contributed by atoms with Gasteiger partial charge in [-0.25, -0.2) is 0 Å². The fourth-order valence-corrected chi connectivity index (χ4v) is 7.32. The molecule has 386 valence electrons. The van der Waals surface area contributed by atoms with Gasteiger partial charge in [0.25, 0.3) is 0 Å². The van der Waals surface area contributed by atoms with Crippen LogP contribution in [0.4, 0.5) is 0 Å². The third-order valence-corrected chi connectivity index (χ3v) is 10.8. The molecule has 0 aromatic carbocycles. The largest absolute Gasteiger partial charge is 0.463 e. The highest BCUT2D eigenvalue weighted by Crippen LogP contribution is 2.31. The second kappa shape index (κ2) is 31.2. The van der Waals surface area contributed by atoms with Crippen molar-refractivity contribution < 1.29 is 86.8 Å². The minimum Gasteiger partial charge on any atom is -0.463 e. The van der Waals surface area contributed by atoms with Gasteiger partial charge in [0, 0.05) is 72.3 Å². The zero-order chi connectivity index (χ0) is 50.1. The van der Waals surface area contributed by atoms with Crippen molar-refractivity contribution in [2.45, 2.75) is 199 Å². The smallest absolute Gasteiger partial charge is 0.306 e. The van der Waals surface area contributed by atoms with Crippen molar-refractivity contribution in [2.24, 2.45) is 11.7 Å². The van der Waals surface area contributed by atoms with Crippen LogP contribution in [0.15, 0.2) is 0 Å². The molecule has 0 aromatic heterocycles. The molecule has 0 aromatic rings. The summed E-state index contributed by atoms with van der Waals surface area (Å²) in [5.41, 5.74) is 5.42. The average molecular weight is 963 g/mol. The van der Waals surface area contributed by atoms with E-state index >= 15 is 0 Å². The third-order valence-electron chi connectivity index (χ3n) is 10.8. The molecule has 0 spiro atoms. The van der Waals surface area contributed by atoms with Gasteiger partial charge < -0.3 is 74.9 Å². The van der Waals surface area contributed by atoms with Gasteiger partial charge in [0.2, 0.25) is 17.7 Å². The zero-order valence-electron chi connectivity index (χ0n) is 40.3. The number of rotatable bonds is 30. The van der Waals surface area contributed by atoms with Gasteiger partial charge in [-0.15, -0.1) is 0 Å². The summed E-state index contributed by atoms with van der Waals surface area (Å²) in [6.45, 7) is 11.0. The molecule has 0 saturated carbocycles. The monoisotopic (exact) mass is 963 g/mol. The Labute approximate surface area is 393 Å². The van der Waals surface area contributed by atoms with Crippen molar-refractivity contribution in [3.05, 3.63) is 0 Å². The quantitative estimate of drug-likeness (QED) is 0.0296. The highest BCUT2D eigenvalue weighted by Gasteiger charge is 2.48. The predicted molar refractivity (Wildman–Crippen MR) is 237 cm³/mol. The van der Waals surface area contributed by atoms with Crippen LogP contribution in [-0.4, -0.2) is 163 Å². The molecule has 0 aliphatic carbocycles. The molecule has 3 amide bonds. The molecule has 0 radical (unpaired) electrons. The molecule has 22 nitrogen and oxygen atoms in total. The second-order valence-electron chi connectivity index (χ2n) is 17.9. The van der Waals surface area contributed by atoms with E-state index in [2.05, 4.69) is 16.0 Å². The lowest BCUT2D eigenvalue weighted by atomic mass is 9.92. The van der Waals surface area contributed by atoms with E-state index in [9.17, 15) is 48.9 Å². The summed E-state index contributed by atoms with van der Waals surface area (Å²) in [7, 11) is 0.